The summed E-state index contributed by atoms with van der Waals surface area (Å²) in [4.78, 5) is 4.68. The van der Waals surface area contributed by atoms with Crippen molar-refractivity contribution >= 4 is 33.2 Å². The number of rotatable bonds is 3. The minimum Gasteiger partial charge on any atom is -0.317 e. The fourth-order valence-electron chi connectivity index (χ4n) is 2.57. The first-order valence-electron chi connectivity index (χ1n) is 6.57. The molecule has 1 saturated heterocycles. The maximum atomic E-state index is 6.18. The van der Waals surface area contributed by atoms with Gasteiger partial charge in [0.15, 0.2) is 0 Å². The van der Waals surface area contributed by atoms with Crippen molar-refractivity contribution in [1.29, 1.82) is 0 Å². The van der Waals surface area contributed by atoms with E-state index in [9.17, 15) is 0 Å². The predicted molar refractivity (Wildman–Crippen MR) is 78.5 cm³/mol. The number of hydrogen-bond acceptors (Lipinski definition) is 3. The first-order chi connectivity index (χ1) is 8.83. The normalized spacial score (nSPS) is 17.4. The van der Waals surface area contributed by atoms with E-state index in [1.807, 2.05) is 18.2 Å². The zero-order chi connectivity index (χ0) is 12.4. The summed E-state index contributed by atoms with van der Waals surface area (Å²) in [5, 5.41) is 5.48. The van der Waals surface area contributed by atoms with E-state index in [2.05, 4.69) is 10.3 Å². The van der Waals surface area contributed by atoms with Crippen molar-refractivity contribution < 1.29 is 0 Å². The molecule has 1 aromatic heterocycles. The molecule has 0 radical (unpaired) electrons. The van der Waals surface area contributed by atoms with E-state index in [4.69, 9.17) is 11.6 Å². The van der Waals surface area contributed by atoms with E-state index < -0.39 is 0 Å². The lowest BCUT2D eigenvalue weighted by atomic mass is 9.93. The molecule has 18 heavy (non-hydrogen) atoms. The molecule has 1 N–H and O–H groups in total. The lowest BCUT2D eigenvalue weighted by Crippen LogP contribution is -2.27. The number of nitrogens with one attached hydrogen (secondary N) is 1. The topological polar surface area (TPSA) is 24.9 Å². The number of thiazole rings is 1. The Morgan fingerprint density at radius 3 is 2.94 bits per heavy atom. The molecule has 0 aliphatic carbocycles. The average Bonchev–Trinajstić information content (AvgIpc) is 2.82. The molecule has 4 heteroatoms. The molecule has 1 aliphatic heterocycles. The van der Waals surface area contributed by atoms with Gasteiger partial charge in [-0.2, -0.15) is 0 Å². The van der Waals surface area contributed by atoms with Gasteiger partial charge in [0, 0.05) is 0 Å². The van der Waals surface area contributed by atoms with E-state index >= 15 is 0 Å². The second-order valence-corrected chi connectivity index (χ2v) is 6.42. The Kier molecular flexibility index (Phi) is 3.83. The molecule has 2 nitrogen and oxygen atoms in total. The maximum Gasteiger partial charge on any atom is 0.0939 e. The number of halogens is 1. The monoisotopic (exact) mass is 280 g/mol. The Balaban J connectivity index is 1.69. The van der Waals surface area contributed by atoms with Crippen LogP contribution in [0.25, 0.3) is 10.2 Å². The van der Waals surface area contributed by atoms with Gasteiger partial charge in [0.05, 0.1) is 20.2 Å². The summed E-state index contributed by atoms with van der Waals surface area (Å²) in [6, 6.07) is 5.96. The lowest BCUT2D eigenvalue weighted by molar-refractivity contribution is 0.354. The summed E-state index contributed by atoms with van der Waals surface area (Å²) in [5.41, 5.74) is 1.05. The van der Waals surface area contributed by atoms with E-state index in [0.29, 0.717) is 0 Å². The number of benzene rings is 1. The summed E-state index contributed by atoms with van der Waals surface area (Å²) < 4.78 is 1.14. The minimum absolute atomic E-state index is 0.832. The second-order valence-electron chi connectivity index (χ2n) is 4.93. The fourth-order valence-corrected chi connectivity index (χ4v) is 3.84. The molecule has 2 heterocycles. The van der Waals surface area contributed by atoms with Crippen molar-refractivity contribution in [2.75, 3.05) is 13.1 Å². The van der Waals surface area contributed by atoms with Crippen molar-refractivity contribution in [3.05, 3.63) is 28.2 Å². The quantitative estimate of drug-likeness (QED) is 0.923. The number of piperidine rings is 1. The van der Waals surface area contributed by atoms with Crippen molar-refractivity contribution in [3.63, 3.8) is 0 Å². The third kappa shape index (κ3) is 2.68. The van der Waals surface area contributed by atoms with Gasteiger partial charge in [-0.05, 0) is 56.8 Å². The highest BCUT2D eigenvalue weighted by molar-refractivity contribution is 7.19. The molecule has 1 aliphatic rings. The van der Waals surface area contributed by atoms with Crippen LogP contribution in [0.15, 0.2) is 18.2 Å². The number of hydrogen-bond donors (Lipinski definition) is 1. The van der Waals surface area contributed by atoms with Gasteiger partial charge in [0.2, 0.25) is 0 Å². The molecule has 0 saturated carbocycles. The number of nitrogens with zero attached hydrogens (tertiary/aromatic N) is 1. The van der Waals surface area contributed by atoms with Crippen LogP contribution in [0.3, 0.4) is 0 Å². The van der Waals surface area contributed by atoms with Gasteiger partial charge in [0.25, 0.3) is 0 Å². The first-order valence-corrected chi connectivity index (χ1v) is 7.77. The SMILES string of the molecule is Clc1cccc2nc(CCC3CCNCC3)sc12. The zero-order valence-electron chi connectivity index (χ0n) is 10.3. The van der Waals surface area contributed by atoms with E-state index in [0.717, 1.165) is 27.6 Å². The van der Waals surface area contributed by atoms with Crippen LogP contribution in [-0.2, 0) is 6.42 Å². The van der Waals surface area contributed by atoms with Crippen LogP contribution in [0.2, 0.25) is 5.02 Å². The number of aromatic nitrogens is 1. The smallest absolute Gasteiger partial charge is 0.0939 e. The van der Waals surface area contributed by atoms with Gasteiger partial charge in [-0.1, -0.05) is 17.7 Å². The Hall–Kier alpha value is -0.640. The molecule has 0 spiro atoms. The van der Waals surface area contributed by atoms with Crippen LogP contribution in [0, 0.1) is 5.92 Å². The summed E-state index contributed by atoms with van der Waals surface area (Å²) in [6.45, 7) is 2.35. The van der Waals surface area contributed by atoms with Crippen LogP contribution >= 0.6 is 22.9 Å². The minimum atomic E-state index is 0.832. The Labute approximate surface area is 116 Å². The Bertz CT molecular complexity index is 532. The molecule has 96 valence electrons. The van der Waals surface area contributed by atoms with E-state index in [-0.39, 0.29) is 0 Å². The average molecular weight is 281 g/mol. The standard InChI is InChI=1S/C14H17ClN2S/c15-11-2-1-3-12-14(11)18-13(17-12)5-4-10-6-8-16-9-7-10/h1-3,10,16H,4-9H2. The summed E-state index contributed by atoms with van der Waals surface area (Å²) in [5.74, 6) is 0.869. The van der Waals surface area contributed by atoms with Crippen molar-refractivity contribution in [3.8, 4) is 0 Å². The third-order valence-electron chi connectivity index (χ3n) is 3.64. The van der Waals surface area contributed by atoms with Gasteiger partial charge in [-0.15, -0.1) is 11.3 Å². The van der Waals surface area contributed by atoms with Gasteiger partial charge >= 0.3 is 0 Å². The highest BCUT2D eigenvalue weighted by Gasteiger charge is 2.14. The highest BCUT2D eigenvalue weighted by Crippen LogP contribution is 2.30. The summed E-state index contributed by atoms with van der Waals surface area (Å²) >= 11 is 7.94. The van der Waals surface area contributed by atoms with Crippen molar-refractivity contribution in [2.24, 2.45) is 5.92 Å². The van der Waals surface area contributed by atoms with E-state index in [1.54, 1.807) is 11.3 Å². The number of fused-ring (bicyclic) bond motifs is 1. The molecule has 0 unspecified atom stereocenters. The molecule has 2 aromatic rings. The highest BCUT2D eigenvalue weighted by atomic mass is 35.5. The van der Waals surface area contributed by atoms with Gasteiger partial charge < -0.3 is 5.32 Å². The van der Waals surface area contributed by atoms with Gasteiger partial charge in [0.1, 0.15) is 0 Å². The molecular formula is C14H17ClN2S. The van der Waals surface area contributed by atoms with Gasteiger partial charge in [-0.3, -0.25) is 0 Å². The lowest BCUT2D eigenvalue weighted by Gasteiger charge is -2.21. The van der Waals surface area contributed by atoms with Gasteiger partial charge in [-0.25, -0.2) is 4.98 Å². The van der Waals surface area contributed by atoms with E-state index in [1.165, 1.54) is 37.4 Å². The van der Waals surface area contributed by atoms with Crippen LogP contribution in [0.5, 0.6) is 0 Å². The maximum absolute atomic E-state index is 6.18. The Morgan fingerprint density at radius 2 is 2.17 bits per heavy atom. The largest absolute Gasteiger partial charge is 0.317 e. The van der Waals surface area contributed by atoms with Crippen LogP contribution < -0.4 is 5.32 Å². The molecule has 1 fully saturated rings. The van der Waals surface area contributed by atoms with Crippen LogP contribution in [-0.4, -0.2) is 18.1 Å². The Morgan fingerprint density at radius 1 is 1.33 bits per heavy atom. The molecule has 0 bridgehead atoms. The van der Waals surface area contributed by atoms with Crippen LogP contribution in [0.4, 0.5) is 0 Å². The summed E-state index contributed by atoms with van der Waals surface area (Å²) in [6.07, 6.45) is 4.98. The molecule has 0 atom stereocenters. The molecular weight excluding hydrogens is 264 g/mol. The van der Waals surface area contributed by atoms with Crippen molar-refractivity contribution in [2.45, 2.75) is 25.7 Å². The third-order valence-corrected chi connectivity index (χ3v) is 5.23. The number of aryl methyl sites for hydroxylation is 1. The zero-order valence-corrected chi connectivity index (χ0v) is 11.9. The molecule has 3 rings (SSSR count). The van der Waals surface area contributed by atoms with Crippen molar-refractivity contribution in [1.82, 2.24) is 10.3 Å². The first kappa shape index (κ1) is 12.4. The molecule has 0 amide bonds. The van der Waals surface area contributed by atoms with Crippen LogP contribution in [0.1, 0.15) is 24.3 Å². The second kappa shape index (κ2) is 5.55. The fraction of sp³-hybridized carbons (Fsp3) is 0.500. The summed E-state index contributed by atoms with van der Waals surface area (Å²) in [7, 11) is 0. The predicted octanol–water partition coefficient (Wildman–Crippen LogP) is 3.88. The molecule has 1 aromatic carbocycles.